The van der Waals surface area contributed by atoms with Crippen LogP contribution in [0.5, 0.6) is 0 Å². The van der Waals surface area contributed by atoms with Crippen molar-refractivity contribution in [1.29, 1.82) is 0 Å². The second kappa shape index (κ2) is 7.46. The van der Waals surface area contributed by atoms with Gasteiger partial charge in [0.05, 0.1) is 22.8 Å². The van der Waals surface area contributed by atoms with E-state index in [2.05, 4.69) is 25.5 Å². The highest BCUT2D eigenvalue weighted by Crippen LogP contribution is 2.23. The molecule has 1 aliphatic rings. The lowest BCUT2D eigenvalue weighted by atomic mass is 9.93. The standard InChI is InChI=1S/C20H24N6O2/c1-12-16(11-21-25-12)20(28)26-7-5-14(6-8-26)9-19(27)24-15-3-4-17-18(10-15)23-13(2)22-17/h3-4,10-11,14H,5-9H2,1-2H3,(H,21,25)(H,22,23)(H,24,27). The minimum absolute atomic E-state index is 0.00560. The average molecular weight is 380 g/mol. The van der Waals surface area contributed by atoms with Gasteiger partial charge in [-0.15, -0.1) is 0 Å². The van der Waals surface area contributed by atoms with Crippen LogP contribution in [0.2, 0.25) is 0 Å². The topological polar surface area (TPSA) is 107 Å². The van der Waals surface area contributed by atoms with E-state index in [1.165, 1.54) is 0 Å². The third-order valence-electron chi connectivity index (χ3n) is 5.32. The number of aromatic nitrogens is 4. The Morgan fingerprint density at radius 2 is 2.04 bits per heavy atom. The fourth-order valence-electron chi connectivity index (χ4n) is 3.77. The second-order valence-electron chi connectivity index (χ2n) is 7.45. The minimum atomic E-state index is 0.00560. The largest absolute Gasteiger partial charge is 0.342 e. The van der Waals surface area contributed by atoms with Crippen LogP contribution in [-0.4, -0.2) is 50.0 Å². The number of hydrogen-bond acceptors (Lipinski definition) is 4. The number of hydrogen-bond donors (Lipinski definition) is 3. The van der Waals surface area contributed by atoms with E-state index in [9.17, 15) is 9.59 Å². The van der Waals surface area contributed by atoms with Gasteiger partial charge in [-0.25, -0.2) is 4.98 Å². The van der Waals surface area contributed by atoms with Crippen LogP contribution in [0.25, 0.3) is 11.0 Å². The number of nitrogens with zero attached hydrogens (tertiary/aromatic N) is 3. The van der Waals surface area contributed by atoms with Crippen molar-refractivity contribution >= 4 is 28.5 Å². The summed E-state index contributed by atoms with van der Waals surface area (Å²) in [7, 11) is 0. The predicted octanol–water partition coefficient (Wildman–Crippen LogP) is 2.78. The molecule has 0 unspecified atom stereocenters. The van der Waals surface area contributed by atoms with Gasteiger partial charge in [-0.05, 0) is 50.8 Å². The molecule has 28 heavy (non-hydrogen) atoms. The molecule has 4 rings (SSSR count). The lowest BCUT2D eigenvalue weighted by molar-refractivity contribution is -0.117. The lowest BCUT2D eigenvalue weighted by Gasteiger charge is -2.31. The molecule has 1 aromatic carbocycles. The highest BCUT2D eigenvalue weighted by molar-refractivity contribution is 5.95. The van der Waals surface area contributed by atoms with Crippen LogP contribution in [0.15, 0.2) is 24.4 Å². The molecular weight excluding hydrogens is 356 g/mol. The van der Waals surface area contributed by atoms with Gasteiger partial charge in [-0.2, -0.15) is 5.10 Å². The van der Waals surface area contributed by atoms with Crippen molar-refractivity contribution in [2.24, 2.45) is 5.92 Å². The van der Waals surface area contributed by atoms with Gasteiger partial charge in [0, 0.05) is 30.9 Å². The third kappa shape index (κ3) is 3.76. The zero-order chi connectivity index (χ0) is 19.7. The fraction of sp³-hybridized carbons (Fsp3) is 0.400. The van der Waals surface area contributed by atoms with E-state index in [-0.39, 0.29) is 17.7 Å². The molecule has 3 N–H and O–H groups in total. The molecule has 1 fully saturated rings. The molecular formula is C20H24N6O2. The van der Waals surface area contributed by atoms with E-state index in [0.717, 1.165) is 41.1 Å². The maximum atomic E-state index is 12.5. The van der Waals surface area contributed by atoms with E-state index >= 15 is 0 Å². The number of nitrogens with one attached hydrogen (secondary N) is 3. The monoisotopic (exact) mass is 380 g/mol. The molecule has 0 aliphatic carbocycles. The fourth-order valence-corrected chi connectivity index (χ4v) is 3.77. The van der Waals surface area contributed by atoms with Crippen LogP contribution in [0.3, 0.4) is 0 Å². The number of fused-ring (bicyclic) bond motifs is 1. The highest BCUT2D eigenvalue weighted by Gasteiger charge is 2.26. The van der Waals surface area contributed by atoms with E-state index < -0.39 is 0 Å². The zero-order valence-electron chi connectivity index (χ0n) is 16.1. The molecule has 1 saturated heterocycles. The molecule has 0 spiro atoms. The third-order valence-corrected chi connectivity index (χ3v) is 5.32. The number of benzene rings is 1. The average Bonchev–Trinajstić information content (AvgIpc) is 3.25. The molecule has 8 nitrogen and oxygen atoms in total. The van der Waals surface area contributed by atoms with Gasteiger partial charge in [-0.3, -0.25) is 14.7 Å². The molecule has 0 radical (unpaired) electrons. The second-order valence-corrected chi connectivity index (χ2v) is 7.45. The normalized spacial score (nSPS) is 15.1. The first-order valence-corrected chi connectivity index (χ1v) is 9.55. The van der Waals surface area contributed by atoms with Crippen molar-refractivity contribution in [3.05, 3.63) is 41.5 Å². The Bertz CT molecular complexity index is 1010. The van der Waals surface area contributed by atoms with Crippen LogP contribution in [0.4, 0.5) is 5.69 Å². The summed E-state index contributed by atoms with van der Waals surface area (Å²) in [6.07, 6.45) is 3.70. The number of amides is 2. The minimum Gasteiger partial charge on any atom is -0.342 e. The number of piperidine rings is 1. The van der Waals surface area contributed by atoms with Gasteiger partial charge < -0.3 is 15.2 Å². The van der Waals surface area contributed by atoms with Crippen LogP contribution in [0, 0.1) is 19.8 Å². The number of aryl methyl sites for hydroxylation is 2. The number of H-pyrrole nitrogens is 2. The summed E-state index contributed by atoms with van der Waals surface area (Å²) in [6, 6.07) is 5.67. The molecule has 8 heteroatoms. The molecule has 0 atom stereocenters. The van der Waals surface area contributed by atoms with E-state index in [0.29, 0.717) is 25.1 Å². The van der Waals surface area contributed by atoms with Gasteiger partial charge in [0.1, 0.15) is 5.82 Å². The maximum Gasteiger partial charge on any atom is 0.257 e. The van der Waals surface area contributed by atoms with Crippen molar-refractivity contribution < 1.29 is 9.59 Å². The Hall–Kier alpha value is -3.16. The quantitative estimate of drug-likeness (QED) is 0.647. The van der Waals surface area contributed by atoms with E-state index in [1.807, 2.05) is 36.9 Å². The summed E-state index contributed by atoms with van der Waals surface area (Å²) in [5.74, 6) is 1.15. The molecule has 2 aromatic heterocycles. The van der Waals surface area contributed by atoms with Crippen molar-refractivity contribution in [2.45, 2.75) is 33.1 Å². The van der Waals surface area contributed by atoms with E-state index in [1.54, 1.807) is 6.20 Å². The number of carbonyl (C=O) groups excluding carboxylic acids is 2. The van der Waals surface area contributed by atoms with Crippen molar-refractivity contribution in [3.8, 4) is 0 Å². The number of anilines is 1. The van der Waals surface area contributed by atoms with Gasteiger partial charge in [0.15, 0.2) is 0 Å². The summed E-state index contributed by atoms with van der Waals surface area (Å²) in [5.41, 5.74) is 3.98. The predicted molar refractivity (Wildman–Crippen MR) is 106 cm³/mol. The summed E-state index contributed by atoms with van der Waals surface area (Å²) in [4.78, 5) is 34.4. The van der Waals surface area contributed by atoms with Crippen LogP contribution < -0.4 is 5.32 Å². The Kier molecular flexibility index (Phi) is 4.85. The van der Waals surface area contributed by atoms with Crippen LogP contribution in [0.1, 0.15) is 41.1 Å². The first kappa shape index (κ1) is 18.2. The van der Waals surface area contributed by atoms with Gasteiger partial charge in [0.2, 0.25) is 5.91 Å². The smallest absolute Gasteiger partial charge is 0.257 e. The first-order chi connectivity index (χ1) is 13.5. The molecule has 3 aromatic rings. The van der Waals surface area contributed by atoms with Crippen molar-refractivity contribution in [1.82, 2.24) is 25.1 Å². The first-order valence-electron chi connectivity index (χ1n) is 9.55. The molecule has 146 valence electrons. The Labute approximate surface area is 162 Å². The Morgan fingerprint density at radius 3 is 2.75 bits per heavy atom. The summed E-state index contributed by atoms with van der Waals surface area (Å²) >= 11 is 0. The molecule has 3 heterocycles. The van der Waals surface area contributed by atoms with Gasteiger partial charge in [-0.1, -0.05) is 0 Å². The number of carbonyl (C=O) groups is 2. The zero-order valence-corrected chi connectivity index (χ0v) is 16.1. The van der Waals surface area contributed by atoms with Gasteiger partial charge in [0.25, 0.3) is 5.91 Å². The Morgan fingerprint density at radius 1 is 1.25 bits per heavy atom. The number of imidazole rings is 1. The Balaban J connectivity index is 1.29. The molecule has 2 amide bonds. The SMILES string of the molecule is Cc1nc2ccc(NC(=O)CC3CCN(C(=O)c4cn[nH]c4C)CC3)cc2[nH]1. The summed E-state index contributed by atoms with van der Waals surface area (Å²) in [6.45, 7) is 5.09. The molecule has 1 aliphatic heterocycles. The molecule has 0 bridgehead atoms. The number of rotatable bonds is 4. The summed E-state index contributed by atoms with van der Waals surface area (Å²) < 4.78 is 0. The van der Waals surface area contributed by atoms with Gasteiger partial charge >= 0.3 is 0 Å². The van der Waals surface area contributed by atoms with Crippen molar-refractivity contribution in [3.63, 3.8) is 0 Å². The van der Waals surface area contributed by atoms with Crippen molar-refractivity contribution in [2.75, 3.05) is 18.4 Å². The highest BCUT2D eigenvalue weighted by atomic mass is 16.2. The van der Waals surface area contributed by atoms with Crippen LogP contribution in [-0.2, 0) is 4.79 Å². The van der Waals surface area contributed by atoms with Crippen LogP contribution >= 0.6 is 0 Å². The number of likely N-dealkylation sites (tertiary alicyclic amines) is 1. The number of aromatic amines is 2. The lowest BCUT2D eigenvalue weighted by Crippen LogP contribution is -2.39. The summed E-state index contributed by atoms with van der Waals surface area (Å²) in [5, 5.41) is 9.70. The molecule has 0 saturated carbocycles. The maximum absolute atomic E-state index is 12.5. The van der Waals surface area contributed by atoms with E-state index in [4.69, 9.17) is 0 Å².